The summed E-state index contributed by atoms with van der Waals surface area (Å²) in [7, 11) is 0. The first kappa shape index (κ1) is 10.4. The Bertz CT molecular complexity index is 398. The molecule has 1 aromatic rings. The van der Waals surface area contributed by atoms with E-state index in [0.717, 1.165) is 0 Å². The van der Waals surface area contributed by atoms with Crippen LogP contribution in [0.2, 0.25) is 5.02 Å². The normalized spacial score (nSPS) is 9.14. The van der Waals surface area contributed by atoms with E-state index >= 15 is 0 Å². The van der Waals surface area contributed by atoms with Gasteiger partial charge in [-0.2, -0.15) is 5.26 Å². The maximum atomic E-state index is 10.7. The van der Waals surface area contributed by atoms with E-state index in [9.17, 15) is 4.79 Å². The van der Waals surface area contributed by atoms with Crippen molar-refractivity contribution < 1.29 is 14.6 Å². The molecular formula is C9H6ClNO3. The van der Waals surface area contributed by atoms with E-state index < -0.39 is 5.97 Å². The molecule has 72 valence electrons. The Morgan fingerprint density at radius 1 is 1.64 bits per heavy atom. The minimum atomic E-state index is -1.12. The van der Waals surface area contributed by atoms with Gasteiger partial charge in [0.15, 0.2) is 6.61 Å². The van der Waals surface area contributed by atoms with Crippen LogP contribution in [0.1, 0.15) is 10.4 Å². The van der Waals surface area contributed by atoms with E-state index in [1.165, 1.54) is 18.2 Å². The molecule has 0 atom stereocenters. The van der Waals surface area contributed by atoms with E-state index in [2.05, 4.69) is 0 Å². The van der Waals surface area contributed by atoms with Crippen LogP contribution in [0.3, 0.4) is 0 Å². The van der Waals surface area contributed by atoms with Crippen LogP contribution in [0.25, 0.3) is 0 Å². The van der Waals surface area contributed by atoms with Crippen LogP contribution in [0.4, 0.5) is 0 Å². The highest BCUT2D eigenvalue weighted by Gasteiger charge is 2.11. The first-order valence-corrected chi connectivity index (χ1v) is 4.05. The number of nitriles is 1. The molecule has 1 N–H and O–H groups in total. The van der Waals surface area contributed by atoms with Gasteiger partial charge in [0.1, 0.15) is 17.4 Å². The van der Waals surface area contributed by atoms with Crippen LogP contribution in [-0.4, -0.2) is 17.7 Å². The number of carbonyl (C=O) groups is 1. The summed E-state index contributed by atoms with van der Waals surface area (Å²) in [4.78, 5) is 10.7. The van der Waals surface area contributed by atoms with Crippen LogP contribution >= 0.6 is 11.6 Å². The van der Waals surface area contributed by atoms with Gasteiger partial charge in [-0.3, -0.25) is 0 Å². The second-order valence-electron chi connectivity index (χ2n) is 2.39. The molecule has 0 fully saturated rings. The summed E-state index contributed by atoms with van der Waals surface area (Å²) in [5.41, 5.74) is -0.00958. The molecule has 1 rings (SSSR count). The third-order valence-electron chi connectivity index (χ3n) is 1.47. The Morgan fingerprint density at radius 3 is 2.93 bits per heavy atom. The first-order valence-electron chi connectivity index (χ1n) is 3.67. The molecule has 0 amide bonds. The zero-order valence-corrected chi connectivity index (χ0v) is 7.78. The zero-order valence-electron chi connectivity index (χ0n) is 7.03. The number of hydrogen-bond donors (Lipinski definition) is 1. The van der Waals surface area contributed by atoms with E-state index in [0.29, 0.717) is 5.02 Å². The standard InChI is InChI=1S/C9H6ClNO3/c10-6-1-2-7(9(12)13)8(5-6)14-4-3-11/h1-2,5H,4H2,(H,12,13). The Hall–Kier alpha value is -1.73. The number of hydrogen-bond acceptors (Lipinski definition) is 3. The number of benzene rings is 1. The third-order valence-corrected chi connectivity index (χ3v) is 1.70. The molecule has 0 aliphatic rings. The van der Waals surface area contributed by atoms with Crippen molar-refractivity contribution in [3.8, 4) is 11.8 Å². The van der Waals surface area contributed by atoms with Crippen molar-refractivity contribution in [2.24, 2.45) is 0 Å². The van der Waals surface area contributed by atoms with Crippen molar-refractivity contribution in [2.75, 3.05) is 6.61 Å². The SMILES string of the molecule is N#CCOc1cc(Cl)ccc1C(=O)O. The predicted octanol–water partition coefficient (Wildman–Crippen LogP) is 1.94. The zero-order chi connectivity index (χ0) is 10.6. The van der Waals surface area contributed by atoms with Gasteiger partial charge < -0.3 is 9.84 Å². The van der Waals surface area contributed by atoms with Gasteiger partial charge in [-0.15, -0.1) is 0 Å². The summed E-state index contributed by atoms with van der Waals surface area (Å²) in [5.74, 6) is -1.01. The lowest BCUT2D eigenvalue weighted by Crippen LogP contribution is -2.03. The van der Waals surface area contributed by atoms with Crippen molar-refractivity contribution >= 4 is 17.6 Å². The molecule has 1 aromatic carbocycles. The predicted molar refractivity (Wildman–Crippen MR) is 49.5 cm³/mol. The Morgan fingerprint density at radius 2 is 2.36 bits per heavy atom. The van der Waals surface area contributed by atoms with Crippen molar-refractivity contribution in [3.63, 3.8) is 0 Å². The van der Waals surface area contributed by atoms with E-state index in [1.54, 1.807) is 6.07 Å². The second kappa shape index (κ2) is 4.49. The van der Waals surface area contributed by atoms with Gasteiger partial charge in [0, 0.05) is 5.02 Å². The van der Waals surface area contributed by atoms with Crippen LogP contribution in [0.15, 0.2) is 18.2 Å². The summed E-state index contributed by atoms with van der Waals surface area (Å²) < 4.78 is 4.90. The van der Waals surface area contributed by atoms with E-state index in [-0.39, 0.29) is 17.9 Å². The Labute approximate surface area is 85.3 Å². The van der Waals surface area contributed by atoms with Crippen molar-refractivity contribution in [3.05, 3.63) is 28.8 Å². The Balaban J connectivity index is 3.04. The van der Waals surface area contributed by atoms with Crippen molar-refractivity contribution in [1.29, 1.82) is 5.26 Å². The maximum absolute atomic E-state index is 10.7. The number of carboxylic acids is 1. The van der Waals surface area contributed by atoms with E-state index in [1.807, 2.05) is 0 Å². The first-order chi connectivity index (χ1) is 6.65. The van der Waals surface area contributed by atoms with Crippen molar-refractivity contribution in [1.82, 2.24) is 0 Å². The molecule has 0 unspecified atom stereocenters. The number of ether oxygens (including phenoxy) is 1. The average molecular weight is 212 g/mol. The molecular weight excluding hydrogens is 206 g/mol. The van der Waals surface area contributed by atoms with Gasteiger partial charge in [-0.25, -0.2) is 4.79 Å². The van der Waals surface area contributed by atoms with Gasteiger partial charge in [-0.05, 0) is 18.2 Å². The molecule has 0 radical (unpaired) electrons. The molecule has 0 aliphatic carbocycles. The minimum Gasteiger partial charge on any atom is -0.478 e. The van der Waals surface area contributed by atoms with Gasteiger partial charge in [-0.1, -0.05) is 11.6 Å². The highest BCUT2D eigenvalue weighted by atomic mass is 35.5. The lowest BCUT2D eigenvalue weighted by atomic mass is 10.2. The quantitative estimate of drug-likeness (QED) is 0.830. The highest BCUT2D eigenvalue weighted by Crippen LogP contribution is 2.23. The molecule has 0 aromatic heterocycles. The lowest BCUT2D eigenvalue weighted by Gasteiger charge is -2.05. The summed E-state index contributed by atoms with van der Waals surface area (Å²) in [5, 5.41) is 17.4. The average Bonchev–Trinajstić information content (AvgIpc) is 2.14. The van der Waals surface area contributed by atoms with Crippen LogP contribution in [0, 0.1) is 11.3 Å². The van der Waals surface area contributed by atoms with Crippen molar-refractivity contribution in [2.45, 2.75) is 0 Å². The number of carboxylic acid groups (broad SMARTS) is 1. The largest absolute Gasteiger partial charge is 0.478 e. The minimum absolute atomic E-state index is 0.00958. The molecule has 14 heavy (non-hydrogen) atoms. The van der Waals surface area contributed by atoms with Gasteiger partial charge in [0.2, 0.25) is 0 Å². The summed E-state index contributed by atoms with van der Waals surface area (Å²) in [6.07, 6.45) is 0. The highest BCUT2D eigenvalue weighted by molar-refractivity contribution is 6.30. The molecule has 0 heterocycles. The van der Waals surface area contributed by atoms with Gasteiger partial charge in [0.25, 0.3) is 0 Å². The topological polar surface area (TPSA) is 70.3 Å². The molecule has 0 aliphatic heterocycles. The molecule has 0 spiro atoms. The monoisotopic (exact) mass is 211 g/mol. The van der Waals surface area contributed by atoms with Gasteiger partial charge in [0.05, 0.1) is 0 Å². The lowest BCUT2D eigenvalue weighted by molar-refractivity contribution is 0.0693. The smallest absolute Gasteiger partial charge is 0.339 e. The van der Waals surface area contributed by atoms with Crippen LogP contribution < -0.4 is 4.74 Å². The molecule has 5 heteroatoms. The molecule has 0 saturated heterocycles. The maximum Gasteiger partial charge on any atom is 0.339 e. The number of nitrogens with zero attached hydrogens (tertiary/aromatic N) is 1. The summed E-state index contributed by atoms with van der Waals surface area (Å²) in [6.45, 7) is -0.208. The fourth-order valence-corrected chi connectivity index (χ4v) is 1.06. The summed E-state index contributed by atoms with van der Waals surface area (Å²) in [6, 6.07) is 5.89. The van der Waals surface area contributed by atoms with E-state index in [4.69, 9.17) is 26.7 Å². The number of halogens is 1. The Kier molecular flexibility index (Phi) is 3.32. The van der Waals surface area contributed by atoms with Gasteiger partial charge >= 0.3 is 5.97 Å². The summed E-state index contributed by atoms with van der Waals surface area (Å²) >= 11 is 5.64. The third kappa shape index (κ3) is 2.38. The molecule has 0 bridgehead atoms. The van der Waals surface area contributed by atoms with Crippen LogP contribution in [0.5, 0.6) is 5.75 Å². The molecule has 4 nitrogen and oxygen atoms in total. The fraction of sp³-hybridized carbons (Fsp3) is 0.111. The molecule has 0 saturated carbocycles. The number of rotatable bonds is 3. The van der Waals surface area contributed by atoms with Crippen LogP contribution in [-0.2, 0) is 0 Å². The fourth-order valence-electron chi connectivity index (χ4n) is 0.902. The number of aromatic carboxylic acids is 1. The second-order valence-corrected chi connectivity index (χ2v) is 2.83.